The molecule has 0 aliphatic heterocycles. The summed E-state index contributed by atoms with van der Waals surface area (Å²) in [4.78, 5) is 0. The quantitative estimate of drug-likeness (QED) is 0.376. The van der Waals surface area contributed by atoms with Crippen LogP contribution < -0.4 is 0 Å². The van der Waals surface area contributed by atoms with Gasteiger partial charge in [-0.25, -0.2) is 0 Å². The first-order valence-electron chi connectivity index (χ1n) is 8.45. The molecule has 112 valence electrons. The van der Waals surface area contributed by atoms with Crippen LogP contribution in [0.15, 0.2) is 60.7 Å². The number of hydrogen-bond acceptors (Lipinski definition) is 0. The summed E-state index contributed by atoms with van der Waals surface area (Å²) in [5.74, 6) is 0. The fraction of sp³-hybridized carbons (Fsp3) is 0.182. The number of rotatable bonds is 0. The fourth-order valence-electron chi connectivity index (χ4n) is 4.17. The third kappa shape index (κ3) is 1.74. The maximum absolute atomic E-state index is 2.48. The van der Waals surface area contributed by atoms with Gasteiger partial charge in [-0.05, 0) is 60.9 Å². The van der Waals surface area contributed by atoms with Crippen LogP contribution >= 0.6 is 0 Å². The fourth-order valence-corrected chi connectivity index (χ4v) is 4.17. The van der Waals surface area contributed by atoms with Crippen LogP contribution in [0.25, 0.3) is 32.9 Å². The van der Waals surface area contributed by atoms with Crippen LogP contribution in [-0.4, -0.2) is 4.40 Å². The summed E-state index contributed by atoms with van der Waals surface area (Å²) in [6.45, 7) is 2.27. The Kier molecular flexibility index (Phi) is 2.66. The van der Waals surface area contributed by atoms with Gasteiger partial charge in [-0.3, -0.25) is 0 Å². The summed E-state index contributed by atoms with van der Waals surface area (Å²) in [5, 5.41) is 2.71. The van der Waals surface area contributed by atoms with Gasteiger partial charge >= 0.3 is 0 Å². The SMILES string of the molecule is C/C1=C/CCCc2cc3ccccc3n3c2c1c1ccccc13. The zero-order chi connectivity index (χ0) is 15.4. The second kappa shape index (κ2) is 4.73. The molecule has 0 unspecified atom stereocenters. The van der Waals surface area contributed by atoms with Crippen LogP contribution in [0.2, 0.25) is 0 Å². The minimum absolute atomic E-state index is 1.15. The third-order valence-electron chi connectivity index (χ3n) is 5.18. The lowest BCUT2D eigenvalue weighted by atomic mass is 9.95. The van der Waals surface area contributed by atoms with Crippen molar-refractivity contribution in [2.75, 3.05) is 0 Å². The molecule has 2 heterocycles. The number of fused-ring (bicyclic) bond motifs is 5. The zero-order valence-corrected chi connectivity index (χ0v) is 13.3. The van der Waals surface area contributed by atoms with E-state index in [1.54, 1.807) is 0 Å². The van der Waals surface area contributed by atoms with Gasteiger partial charge in [0.15, 0.2) is 0 Å². The molecular weight excluding hydrogens is 278 g/mol. The summed E-state index contributed by atoms with van der Waals surface area (Å²) in [6.07, 6.45) is 5.97. The van der Waals surface area contributed by atoms with Gasteiger partial charge in [0, 0.05) is 10.9 Å². The summed E-state index contributed by atoms with van der Waals surface area (Å²) in [6, 6.07) is 20.0. The Balaban J connectivity index is 2.15. The van der Waals surface area contributed by atoms with E-state index in [1.165, 1.54) is 56.9 Å². The molecule has 2 aromatic heterocycles. The number of hydrogen-bond donors (Lipinski definition) is 0. The molecule has 0 fully saturated rings. The van der Waals surface area contributed by atoms with Crippen molar-refractivity contribution in [1.82, 2.24) is 4.40 Å². The number of benzene rings is 2. The Bertz CT molecular complexity index is 1100. The summed E-state index contributed by atoms with van der Waals surface area (Å²) in [5.41, 5.74) is 8.38. The van der Waals surface area contributed by atoms with Crippen LogP contribution in [0, 0.1) is 0 Å². The van der Waals surface area contributed by atoms with Gasteiger partial charge < -0.3 is 4.40 Å². The first-order valence-corrected chi connectivity index (χ1v) is 8.45. The first kappa shape index (κ1) is 13.0. The first-order chi connectivity index (χ1) is 11.3. The molecule has 0 bridgehead atoms. The third-order valence-corrected chi connectivity index (χ3v) is 5.18. The largest absolute Gasteiger partial charge is 0.308 e. The average Bonchev–Trinajstić information content (AvgIpc) is 2.92. The molecule has 0 saturated heterocycles. The van der Waals surface area contributed by atoms with Crippen molar-refractivity contribution in [3.63, 3.8) is 0 Å². The lowest BCUT2D eigenvalue weighted by Crippen LogP contribution is -1.98. The van der Waals surface area contributed by atoms with Gasteiger partial charge in [0.25, 0.3) is 0 Å². The van der Waals surface area contributed by atoms with Crippen molar-refractivity contribution in [3.05, 3.63) is 71.8 Å². The molecule has 1 nitrogen and oxygen atoms in total. The van der Waals surface area contributed by atoms with Crippen molar-refractivity contribution in [3.8, 4) is 0 Å². The van der Waals surface area contributed by atoms with Gasteiger partial charge in [0.05, 0.1) is 16.6 Å². The maximum Gasteiger partial charge on any atom is 0.0576 e. The van der Waals surface area contributed by atoms with Crippen molar-refractivity contribution < 1.29 is 0 Å². The van der Waals surface area contributed by atoms with E-state index in [2.05, 4.69) is 72.0 Å². The van der Waals surface area contributed by atoms with Gasteiger partial charge in [0.2, 0.25) is 0 Å². The lowest BCUT2D eigenvalue weighted by Gasteiger charge is -2.14. The molecule has 1 heteroatoms. The number of aromatic nitrogens is 1. The second-order valence-electron chi connectivity index (χ2n) is 6.58. The number of pyridine rings is 1. The van der Waals surface area contributed by atoms with Crippen LogP contribution in [0.1, 0.15) is 30.9 Å². The number of para-hydroxylation sites is 2. The molecule has 0 saturated carbocycles. The summed E-state index contributed by atoms with van der Waals surface area (Å²) >= 11 is 0. The lowest BCUT2D eigenvalue weighted by molar-refractivity contribution is 0.843. The molecule has 23 heavy (non-hydrogen) atoms. The minimum Gasteiger partial charge on any atom is -0.308 e. The topological polar surface area (TPSA) is 4.41 Å². The van der Waals surface area contributed by atoms with E-state index in [4.69, 9.17) is 0 Å². The standard InChI is InChI=1S/C22H19N/c1-15-8-2-3-10-17-14-16-9-4-6-12-19(16)23-20-13-7-5-11-18(20)21(15)22(17)23/h4-9,11-14H,2-3,10H2,1H3/b15-8-. The van der Waals surface area contributed by atoms with Gasteiger partial charge in [-0.15, -0.1) is 0 Å². The molecule has 0 spiro atoms. The van der Waals surface area contributed by atoms with E-state index in [9.17, 15) is 0 Å². The molecule has 0 atom stereocenters. The highest BCUT2D eigenvalue weighted by Crippen LogP contribution is 2.38. The summed E-state index contributed by atoms with van der Waals surface area (Å²) < 4.78 is 2.48. The Morgan fingerprint density at radius 1 is 0.913 bits per heavy atom. The maximum atomic E-state index is 2.48. The van der Waals surface area contributed by atoms with E-state index in [-0.39, 0.29) is 0 Å². The van der Waals surface area contributed by atoms with Crippen LogP contribution in [0.3, 0.4) is 0 Å². The van der Waals surface area contributed by atoms with E-state index in [0.29, 0.717) is 0 Å². The van der Waals surface area contributed by atoms with Crippen LogP contribution in [0.4, 0.5) is 0 Å². The molecule has 4 aromatic rings. The molecular formula is C22H19N. The second-order valence-corrected chi connectivity index (χ2v) is 6.58. The van der Waals surface area contributed by atoms with E-state index >= 15 is 0 Å². The average molecular weight is 297 g/mol. The number of nitrogens with zero attached hydrogens (tertiary/aromatic N) is 1. The smallest absolute Gasteiger partial charge is 0.0576 e. The van der Waals surface area contributed by atoms with Crippen LogP contribution in [0.5, 0.6) is 0 Å². The number of aryl methyl sites for hydroxylation is 1. The molecule has 5 rings (SSSR count). The Labute approximate surface area is 135 Å². The van der Waals surface area contributed by atoms with Crippen molar-refractivity contribution in [2.45, 2.75) is 26.2 Å². The molecule has 0 amide bonds. The van der Waals surface area contributed by atoms with Gasteiger partial charge in [0.1, 0.15) is 0 Å². The molecule has 1 aliphatic carbocycles. The predicted molar refractivity (Wildman–Crippen MR) is 99.0 cm³/mol. The molecule has 1 aliphatic rings. The monoisotopic (exact) mass is 297 g/mol. The predicted octanol–water partition coefficient (Wildman–Crippen LogP) is 5.99. The summed E-state index contributed by atoms with van der Waals surface area (Å²) in [7, 11) is 0. The van der Waals surface area contributed by atoms with Gasteiger partial charge in [-0.2, -0.15) is 0 Å². The van der Waals surface area contributed by atoms with Crippen LogP contribution in [-0.2, 0) is 6.42 Å². The normalized spacial score (nSPS) is 17.2. The highest BCUT2D eigenvalue weighted by Gasteiger charge is 2.19. The van der Waals surface area contributed by atoms with Crippen molar-refractivity contribution in [1.29, 1.82) is 0 Å². The number of allylic oxidation sites excluding steroid dienone is 2. The highest BCUT2D eigenvalue weighted by atomic mass is 14.9. The Morgan fingerprint density at radius 3 is 2.61 bits per heavy atom. The molecule has 0 N–H and O–H groups in total. The van der Waals surface area contributed by atoms with Crippen molar-refractivity contribution in [2.24, 2.45) is 0 Å². The van der Waals surface area contributed by atoms with E-state index in [1.807, 2.05) is 0 Å². The molecule has 0 radical (unpaired) electrons. The molecule has 2 aromatic carbocycles. The Hall–Kier alpha value is -2.54. The highest BCUT2D eigenvalue weighted by molar-refractivity contribution is 6.06. The van der Waals surface area contributed by atoms with Gasteiger partial charge in [-0.1, -0.05) is 42.5 Å². The van der Waals surface area contributed by atoms with E-state index < -0.39 is 0 Å². The van der Waals surface area contributed by atoms with Crippen molar-refractivity contribution >= 4 is 32.9 Å². The zero-order valence-electron chi connectivity index (χ0n) is 13.3. The Morgan fingerprint density at radius 2 is 1.70 bits per heavy atom. The van der Waals surface area contributed by atoms with E-state index in [0.717, 1.165) is 6.42 Å². The minimum atomic E-state index is 1.15.